The van der Waals surface area contributed by atoms with E-state index >= 15 is 0 Å². The van der Waals surface area contributed by atoms with E-state index in [0.29, 0.717) is 19.4 Å². The van der Waals surface area contributed by atoms with Gasteiger partial charge < -0.3 is 9.47 Å². The molecule has 1 atom stereocenters. The van der Waals surface area contributed by atoms with Gasteiger partial charge in [0.25, 0.3) is 0 Å². The number of rotatable bonds is 3. The molecule has 0 N–H and O–H groups in total. The van der Waals surface area contributed by atoms with Crippen LogP contribution < -0.4 is 4.74 Å². The van der Waals surface area contributed by atoms with Crippen molar-refractivity contribution in [3.63, 3.8) is 0 Å². The predicted octanol–water partition coefficient (Wildman–Crippen LogP) is 2.37. The highest BCUT2D eigenvalue weighted by Gasteiger charge is 2.34. The SMILES string of the molecule is COc1cccc(CC2(F)CCOC2)c1. The largest absolute Gasteiger partial charge is 0.497 e. The average Bonchev–Trinajstić information content (AvgIpc) is 2.65. The fourth-order valence-electron chi connectivity index (χ4n) is 1.87. The Morgan fingerprint density at radius 2 is 2.40 bits per heavy atom. The molecule has 1 aromatic rings. The standard InChI is InChI=1S/C12H15FO2/c1-14-11-4-2-3-10(7-11)8-12(13)5-6-15-9-12/h2-4,7H,5-6,8-9H2,1H3. The summed E-state index contributed by atoms with van der Waals surface area (Å²) in [4.78, 5) is 0. The van der Waals surface area contributed by atoms with Gasteiger partial charge in [0.15, 0.2) is 0 Å². The van der Waals surface area contributed by atoms with Crippen LogP contribution in [0.25, 0.3) is 0 Å². The number of ether oxygens (including phenoxy) is 2. The quantitative estimate of drug-likeness (QED) is 0.762. The minimum Gasteiger partial charge on any atom is -0.497 e. The summed E-state index contributed by atoms with van der Waals surface area (Å²) in [5.41, 5.74) is -0.228. The van der Waals surface area contributed by atoms with Crippen LogP contribution in [-0.2, 0) is 11.2 Å². The highest BCUT2D eigenvalue weighted by atomic mass is 19.1. The van der Waals surface area contributed by atoms with E-state index in [1.807, 2.05) is 24.3 Å². The molecule has 1 aromatic carbocycles. The third-order valence-corrected chi connectivity index (χ3v) is 2.71. The van der Waals surface area contributed by atoms with E-state index in [4.69, 9.17) is 9.47 Å². The van der Waals surface area contributed by atoms with Crippen molar-refractivity contribution in [1.29, 1.82) is 0 Å². The van der Waals surface area contributed by atoms with Gasteiger partial charge in [-0.25, -0.2) is 4.39 Å². The summed E-state index contributed by atoms with van der Waals surface area (Å²) in [6.45, 7) is 0.741. The smallest absolute Gasteiger partial charge is 0.140 e. The monoisotopic (exact) mass is 210 g/mol. The fraction of sp³-hybridized carbons (Fsp3) is 0.500. The van der Waals surface area contributed by atoms with Crippen molar-refractivity contribution in [1.82, 2.24) is 0 Å². The normalized spacial score (nSPS) is 25.5. The Balaban J connectivity index is 2.09. The summed E-state index contributed by atoms with van der Waals surface area (Å²) >= 11 is 0. The number of methoxy groups -OCH3 is 1. The topological polar surface area (TPSA) is 18.5 Å². The van der Waals surface area contributed by atoms with E-state index in [9.17, 15) is 4.39 Å². The van der Waals surface area contributed by atoms with Crippen molar-refractivity contribution in [2.75, 3.05) is 20.3 Å². The Morgan fingerprint density at radius 3 is 3.07 bits per heavy atom. The number of benzene rings is 1. The van der Waals surface area contributed by atoms with Crippen LogP contribution in [0.4, 0.5) is 4.39 Å². The van der Waals surface area contributed by atoms with Gasteiger partial charge in [-0.1, -0.05) is 12.1 Å². The maximum atomic E-state index is 14.1. The molecule has 1 unspecified atom stereocenters. The molecule has 0 aliphatic carbocycles. The first-order valence-corrected chi connectivity index (χ1v) is 5.11. The minimum absolute atomic E-state index is 0.213. The maximum absolute atomic E-state index is 14.1. The van der Waals surface area contributed by atoms with Gasteiger partial charge in [0.1, 0.15) is 11.4 Å². The summed E-state index contributed by atoms with van der Waals surface area (Å²) in [6.07, 6.45) is 0.897. The van der Waals surface area contributed by atoms with Crippen molar-refractivity contribution < 1.29 is 13.9 Å². The lowest BCUT2D eigenvalue weighted by molar-refractivity contribution is 0.112. The Morgan fingerprint density at radius 1 is 1.53 bits per heavy atom. The minimum atomic E-state index is -1.19. The van der Waals surface area contributed by atoms with Crippen molar-refractivity contribution in [2.24, 2.45) is 0 Å². The van der Waals surface area contributed by atoms with Crippen LogP contribution in [0.2, 0.25) is 0 Å². The number of hydrogen-bond donors (Lipinski definition) is 0. The number of halogens is 1. The van der Waals surface area contributed by atoms with Crippen LogP contribution in [-0.4, -0.2) is 26.0 Å². The van der Waals surface area contributed by atoms with Crippen LogP contribution in [0.5, 0.6) is 5.75 Å². The lowest BCUT2D eigenvalue weighted by Gasteiger charge is -2.17. The van der Waals surface area contributed by atoms with Gasteiger partial charge in [0.05, 0.1) is 13.7 Å². The second-order valence-corrected chi connectivity index (χ2v) is 3.98. The maximum Gasteiger partial charge on any atom is 0.140 e. The van der Waals surface area contributed by atoms with Crippen molar-refractivity contribution in [3.05, 3.63) is 29.8 Å². The molecule has 1 aliphatic heterocycles. The molecule has 3 heteroatoms. The molecular weight excluding hydrogens is 195 g/mol. The second kappa shape index (κ2) is 4.19. The molecule has 0 amide bonds. The van der Waals surface area contributed by atoms with Crippen LogP contribution >= 0.6 is 0 Å². The Hall–Kier alpha value is -1.09. The van der Waals surface area contributed by atoms with E-state index in [-0.39, 0.29) is 6.61 Å². The molecule has 15 heavy (non-hydrogen) atoms. The third kappa shape index (κ3) is 2.48. The molecule has 0 bridgehead atoms. The summed E-state index contributed by atoms with van der Waals surface area (Å²) < 4.78 is 24.2. The Labute approximate surface area is 89.0 Å². The molecular formula is C12H15FO2. The van der Waals surface area contributed by atoms with Gasteiger partial charge >= 0.3 is 0 Å². The van der Waals surface area contributed by atoms with Crippen molar-refractivity contribution in [3.8, 4) is 5.75 Å². The lowest BCUT2D eigenvalue weighted by atomic mass is 9.95. The predicted molar refractivity (Wildman–Crippen MR) is 56.0 cm³/mol. The molecule has 2 rings (SSSR count). The molecule has 0 radical (unpaired) electrons. The molecule has 82 valence electrons. The summed E-state index contributed by atoms with van der Waals surface area (Å²) in [7, 11) is 1.61. The molecule has 0 aromatic heterocycles. The van der Waals surface area contributed by atoms with Gasteiger partial charge in [0.2, 0.25) is 0 Å². The van der Waals surface area contributed by atoms with Crippen molar-refractivity contribution >= 4 is 0 Å². The first-order valence-electron chi connectivity index (χ1n) is 5.11. The van der Waals surface area contributed by atoms with Gasteiger partial charge in [-0.05, 0) is 17.7 Å². The van der Waals surface area contributed by atoms with E-state index in [2.05, 4.69) is 0 Å². The first-order chi connectivity index (χ1) is 7.22. The average molecular weight is 210 g/mol. The first kappa shape index (κ1) is 10.4. The summed E-state index contributed by atoms with van der Waals surface area (Å²) in [6, 6.07) is 7.54. The number of hydrogen-bond acceptors (Lipinski definition) is 2. The van der Waals surface area contributed by atoms with Gasteiger partial charge in [-0.15, -0.1) is 0 Å². The molecule has 2 nitrogen and oxygen atoms in total. The number of alkyl halides is 1. The zero-order valence-electron chi connectivity index (χ0n) is 8.83. The van der Waals surface area contributed by atoms with E-state index in [0.717, 1.165) is 11.3 Å². The van der Waals surface area contributed by atoms with E-state index in [1.54, 1.807) is 7.11 Å². The van der Waals surface area contributed by atoms with Gasteiger partial charge in [-0.3, -0.25) is 0 Å². The second-order valence-electron chi connectivity index (χ2n) is 3.98. The zero-order chi connectivity index (χ0) is 10.7. The third-order valence-electron chi connectivity index (χ3n) is 2.71. The highest BCUT2D eigenvalue weighted by molar-refractivity contribution is 5.29. The molecule has 1 aliphatic rings. The molecule has 1 saturated heterocycles. The van der Waals surface area contributed by atoms with Gasteiger partial charge in [-0.2, -0.15) is 0 Å². The van der Waals surface area contributed by atoms with Gasteiger partial charge in [0, 0.05) is 19.4 Å². The Kier molecular flexibility index (Phi) is 2.91. The summed E-state index contributed by atoms with van der Waals surface area (Å²) in [5, 5.41) is 0. The van der Waals surface area contributed by atoms with Crippen LogP contribution in [0, 0.1) is 0 Å². The van der Waals surface area contributed by atoms with E-state index in [1.165, 1.54) is 0 Å². The zero-order valence-corrected chi connectivity index (χ0v) is 8.83. The summed E-state index contributed by atoms with van der Waals surface area (Å²) in [5.74, 6) is 0.773. The van der Waals surface area contributed by atoms with Crippen LogP contribution in [0.15, 0.2) is 24.3 Å². The molecule has 1 heterocycles. The van der Waals surface area contributed by atoms with Crippen LogP contribution in [0.1, 0.15) is 12.0 Å². The lowest BCUT2D eigenvalue weighted by Crippen LogP contribution is -2.25. The highest BCUT2D eigenvalue weighted by Crippen LogP contribution is 2.28. The van der Waals surface area contributed by atoms with Crippen LogP contribution in [0.3, 0.4) is 0 Å². The fourth-order valence-corrected chi connectivity index (χ4v) is 1.87. The van der Waals surface area contributed by atoms with E-state index < -0.39 is 5.67 Å². The molecule has 1 fully saturated rings. The Bertz CT molecular complexity index is 332. The van der Waals surface area contributed by atoms with Crippen molar-refractivity contribution in [2.45, 2.75) is 18.5 Å². The molecule has 0 spiro atoms. The molecule has 0 saturated carbocycles.